The zero-order valence-electron chi connectivity index (χ0n) is 15.4. The molecular formula is C19H41NO. The van der Waals surface area contributed by atoms with Crippen molar-refractivity contribution in [2.75, 3.05) is 6.61 Å². The molecular weight excluding hydrogens is 258 g/mol. The quantitative estimate of drug-likeness (QED) is 0.418. The van der Waals surface area contributed by atoms with E-state index in [0.29, 0.717) is 0 Å². The zero-order valence-corrected chi connectivity index (χ0v) is 15.4. The lowest BCUT2D eigenvalue weighted by Crippen LogP contribution is -2.33. The van der Waals surface area contributed by atoms with E-state index in [1.807, 2.05) is 6.92 Å². The van der Waals surface area contributed by atoms with Crippen LogP contribution in [-0.2, 0) is 4.74 Å². The summed E-state index contributed by atoms with van der Waals surface area (Å²) in [5.74, 6) is 0.872. The maximum atomic E-state index is 5.94. The molecule has 0 radical (unpaired) electrons. The fraction of sp³-hybridized carbons (Fsp3) is 1.00. The molecule has 2 N–H and O–H groups in total. The Morgan fingerprint density at radius 1 is 0.810 bits per heavy atom. The van der Waals surface area contributed by atoms with Gasteiger partial charge in [0.1, 0.15) is 0 Å². The van der Waals surface area contributed by atoms with Crippen molar-refractivity contribution in [1.82, 2.24) is 0 Å². The number of ether oxygens (including phenoxy) is 1. The van der Waals surface area contributed by atoms with E-state index in [-0.39, 0.29) is 11.6 Å². The van der Waals surface area contributed by atoms with Crippen LogP contribution in [0.25, 0.3) is 0 Å². The molecule has 0 bridgehead atoms. The second-order valence-electron chi connectivity index (χ2n) is 7.80. The highest BCUT2D eigenvalue weighted by atomic mass is 16.5. The average Bonchev–Trinajstić information content (AvgIpc) is 2.33. The molecule has 0 aliphatic heterocycles. The van der Waals surface area contributed by atoms with Crippen LogP contribution in [0.3, 0.4) is 0 Å². The summed E-state index contributed by atoms with van der Waals surface area (Å²) in [4.78, 5) is 0. The maximum absolute atomic E-state index is 5.94. The molecule has 2 heteroatoms. The van der Waals surface area contributed by atoms with Crippen molar-refractivity contribution >= 4 is 0 Å². The van der Waals surface area contributed by atoms with Crippen LogP contribution in [0.2, 0.25) is 0 Å². The normalized spacial score (nSPS) is 13.9. The van der Waals surface area contributed by atoms with Gasteiger partial charge in [0, 0.05) is 12.6 Å². The summed E-state index contributed by atoms with van der Waals surface area (Å²) < 4.78 is 5.94. The highest BCUT2D eigenvalue weighted by Gasteiger charge is 2.19. The minimum Gasteiger partial charge on any atom is -0.376 e. The number of nitrogens with two attached hydrogens (primary N) is 1. The van der Waals surface area contributed by atoms with E-state index in [1.165, 1.54) is 57.8 Å². The largest absolute Gasteiger partial charge is 0.376 e. The third kappa shape index (κ3) is 16.1. The van der Waals surface area contributed by atoms with E-state index in [0.717, 1.165) is 18.9 Å². The third-order valence-corrected chi connectivity index (χ3v) is 3.98. The van der Waals surface area contributed by atoms with Gasteiger partial charge in [-0.2, -0.15) is 0 Å². The van der Waals surface area contributed by atoms with Crippen molar-refractivity contribution in [3.8, 4) is 0 Å². The minimum absolute atomic E-state index is 0.0649. The van der Waals surface area contributed by atoms with Crippen LogP contribution in [0.5, 0.6) is 0 Å². The van der Waals surface area contributed by atoms with Crippen molar-refractivity contribution in [3.05, 3.63) is 0 Å². The van der Waals surface area contributed by atoms with Crippen LogP contribution in [0.1, 0.15) is 98.8 Å². The van der Waals surface area contributed by atoms with Crippen molar-refractivity contribution in [2.24, 2.45) is 11.7 Å². The van der Waals surface area contributed by atoms with Gasteiger partial charge in [-0.25, -0.2) is 0 Å². The highest BCUT2D eigenvalue weighted by molar-refractivity contribution is 4.73. The molecule has 0 saturated heterocycles. The van der Waals surface area contributed by atoms with Crippen LogP contribution in [0.15, 0.2) is 0 Å². The van der Waals surface area contributed by atoms with Crippen molar-refractivity contribution in [2.45, 2.75) is 110 Å². The molecule has 2 nitrogen and oxygen atoms in total. The second-order valence-corrected chi connectivity index (χ2v) is 7.80. The first kappa shape index (κ1) is 20.9. The molecule has 0 aromatic rings. The van der Waals surface area contributed by atoms with Gasteiger partial charge < -0.3 is 10.5 Å². The van der Waals surface area contributed by atoms with Crippen molar-refractivity contribution in [1.29, 1.82) is 0 Å². The van der Waals surface area contributed by atoms with Crippen LogP contribution in [0.4, 0.5) is 0 Å². The predicted molar refractivity (Wildman–Crippen MR) is 94.7 cm³/mol. The van der Waals surface area contributed by atoms with E-state index in [9.17, 15) is 0 Å². The molecule has 0 saturated carbocycles. The number of rotatable bonds is 14. The first-order valence-corrected chi connectivity index (χ1v) is 9.23. The molecule has 0 heterocycles. The summed E-state index contributed by atoms with van der Waals surface area (Å²) >= 11 is 0. The lowest BCUT2D eigenvalue weighted by Gasteiger charge is -2.27. The average molecular weight is 300 g/mol. The van der Waals surface area contributed by atoms with Gasteiger partial charge in [-0.3, -0.25) is 0 Å². The molecule has 1 atom stereocenters. The molecule has 0 rings (SSSR count). The van der Waals surface area contributed by atoms with E-state index in [2.05, 4.69) is 27.7 Å². The van der Waals surface area contributed by atoms with Gasteiger partial charge in [0.2, 0.25) is 0 Å². The van der Waals surface area contributed by atoms with Gasteiger partial charge in [0.05, 0.1) is 5.60 Å². The Morgan fingerprint density at radius 2 is 1.29 bits per heavy atom. The summed E-state index contributed by atoms with van der Waals surface area (Å²) in [6.07, 6.45) is 13.3. The topological polar surface area (TPSA) is 35.2 Å². The van der Waals surface area contributed by atoms with Gasteiger partial charge in [-0.1, -0.05) is 65.2 Å². The smallest absolute Gasteiger partial charge is 0.0641 e. The van der Waals surface area contributed by atoms with E-state index in [1.54, 1.807) is 0 Å². The van der Waals surface area contributed by atoms with E-state index >= 15 is 0 Å². The molecule has 0 amide bonds. The number of hydrogen-bond donors (Lipinski definition) is 1. The van der Waals surface area contributed by atoms with E-state index < -0.39 is 0 Å². The highest BCUT2D eigenvalue weighted by Crippen LogP contribution is 2.17. The lowest BCUT2D eigenvalue weighted by atomic mass is 10.0. The molecule has 0 aromatic carbocycles. The summed E-state index contributed by atoms with van der Waals surface area (Å²) in [6, 6.07) is 0.218. The Hall–Kier alpha value is -0.0800. The fourth-order valence-electron chi connectivity index (χ4n) is 2.90. The van der Waals surface area contributed by atoms with Gasteiger partial charge in [0.25, 0.3) is 0 Å². The first-order valence-electron chi connectivity index (χ1n) is 9.23. The standard InChI is InChI=1S/C19H41NO/c1-17(2)14-12-10-8-6-7-9-11-13-15-21-19(4,5)16-18(3)20/h17-18H,6-16,20H2,1-5H3. The third-order valence-electron chi connectivity index (χ3n) is 3.98. The maximum Gasteiger partial charge on any atom is 0.0641 e. The second kappa shape index (κ2) is 12.5. The minimum atomic E-state index is -0.0649. The first-order chi connectivity index (χ1) is 9.83. The summed E-state index contributed by atoms with van der Waals surface area (Å²) in [6.45, 7) is 11.9. The molecule has 0 spiro atoms. The summed E-state index contributed by atoms with van der Waals surface area (Å²) in [5, 5.41) is 0. The van der Waals surface area contributed by atoms with Crippen LogP contribution < -0.4 is 5.73 Å². The monoisotopic (exact) mass is 299 g/mol. The van der Waals surface area contributed by atoms with Crippen molar-refractivity contribution in [3.63, 3.8) is 0 Å². The molecule has 1 unspecified atom stereocenters. The Kier molecular flexibility index (Phi) is 12.4. The van der Waals surface area contributed by atoms with E-state index in [4.69, 9.17) is 10.5 Å². The molecule has 0 aliphatic carbocycles. The molecule has 0 aliphatic rings. The van der Waals surface area contributed by atoms with Crippen LogP contribution in [-0.4, -0.2) is 18.2 Å². The summed E-state index contributed by atoms with van der Waals surface area (Å²) in [7, 11) is 0. The summed E-state index contributed by atoms with van der Waals surface area (Å²) in [5.41, 5.74) is 5.77. The van der Waals surface area contributed by atoms with Gasteiger partial charge in [-0.15, -0.1) is 0 Å². The van der Waals surface area contributed by atoms with Gasteiger partial charge in [0.15, 0.2) is 0 Å². The Bertz CT molecular complexity index is 224. The lowest BCUT2D eigenvalue weighted by molar-refractivity contribution is -0.0282. The molecule has 0 aromatic heterocycles. The molecule has 0 fully saturated rings. The zero-order chi connectivity index (χ0) is 16.1. The fourth-order valence-corrected chi connectivity index (χ4v) is 2.90. The Morgan fingerprint density at radius 3 is 1.76 bits per heavy atom. The predicted octanol–water partition coefficient (Wildman–Crippen LogP) is 5.69. The Labute approximate surface area is 134 Å². The van der Waals surface area contributed by atoms with Crippen molar-refractivity contribution < 1.29 is 4.74 Å². The van der Waals surface area contributed by atoms with Crippen LogP contribution in [0, 0.1) is 5.92 Å². The molecule has 21 heavy (non-hydrogen) atoms. The molecule has 128 valence electrons. The van der Waals surface area contributed by atoms with Gasteiger partial charge in [-0.05, 0) is 39.5 Å². The van der Waals surface area contributed by atoms with Gasteiger partial charge >= 0.3 is 0 Å². The number of hydrogen-bond acceptors (Lipinski definition) is 2. The van der Waals surface area contributed by atoms with Crippen LogP contribution >= 0.6 is 0 Å². The Balaban J connectivity index is 3.26. The SMILES string of the molecule is CC(C)CCCCCCCCCCOC(C)(C)CC(C)N. The number of unbranched alkanes of at least 4 members (excludes halogenated alkanes) is 7.